The molecule has 0 aliphatic carbocycles. The van der Waals surface area contributed by atoms with Crippen LogP contribution in [0.1, 0.15) is 23.1 Å². The molecule has 0 spiro atoms. The fourth-order valence-electron chi connectivity index (χ4n) is 3.87. The molecule has 0 fully saturated rings. The Morgan fingerprint density at radius 3 is 3.04 bits per heavy atom. The highest BCUT2D eigenvalue weighted by Crippen LogP contribution is 2.27. The molecule has 0 atom stereocenters. The van der Waals surface area contributed by atoms with E-state index >= 15 is 0 Å². The molecule has 2 heterocycles. The second-order valence-electron chi connectivity index (χ2n) is 7.12. The smallest absolute Gasteiger partial charge is 0.239 e. The maximum Gasteiger partial charge on any atom is 0.239 e. The Balaban J connectivity index is 1.34. The van der Waals surface area contributed by atoms with Gasteiger partial charge < -0.3 is 15.2 Å². The molecule has 4 nitrogen and oxygen atoms in total. The van der Waals surface area contributed by atoms with Crippen molar-refractivity contribution in [2.24, 2.45) is 0 Å². The van der Waals surface area contributed by atoms with Gasteiger partial charge in [-0.3, -0.25) is 4.79 Å². The third-order valence-corrected chi connectivity index (χ3v) is 5.18. The van der Waals surface area contributed by atoms with Crippen LogP contribution in [0.4, 0.5) is 5.69 Å². The Hall–Kier alpha value is -2.75. The molecule has 4 heteroatoms. The lowest BCUT2D eigenvalue weighted by molar-refractivity contribution is -0.119. The molecule has 0 bridgehead atoms. The van der Waals surface area contributed by atoms with Crippen molar-refractivity contribution < 1.29 is 4.79 Å². The van der Waals surface area contributed by atoms with E-state index in [1.165, 1.54) is 27.8 Å². The lowest BCUT2D eigenvalue weighted by Gasteiger charge is -2.31. The minimum atomic E-state index is 0.0956. The van der Waals surface area contributed by atoms with Gasteiger partial charge in [-0.05, 0) is 49.4 Å². The first-order chi connectivity index (χ1) is 12.7. The van der Waals surface area contributed by atoms with Gasteiger partial charge >= 0.3 is 0 Å². The van der Waals surface area contributed by atoms with Crippen molar-refractivity contribution in [2.75, 3.05) is 24.5 Å². The molecular weight excluding hydrogens is 322 g/mol. The highest BCUT2D eigenvalue weighted by molar-refractivity contribution is 5.84. The lowest BCUT2D eigenvalue weighted by Crippen LogP contribution is -2.40. The topological polar surface area (TPSA) is 48.1 Å². The van der Waals surface area contributed by atoms with E-state index in [2.05, 4.69) is 52.5 Å². The number of H-pyrrole nitrogens is 1. The van der Waals surface area contributed by atoms with E-state index in [0.29, 0.717) is 13.1 Å². The van der Waals surface area contributed by atoms with Gasteiger partial charge in [0.2, 0.25) is 5.91 Å². The maximum absolute atomic E-state index is 12.4. The lowest BCUT2D eigenvalue weighted by atomic mass is 9.99. The summed E-state index contributed by atoms with van der Waals surface area (Å²) >= 11 is 0. The van der Waals surface area contributed by atoms with E-state index in [1.54, 1.807) is 0 Å². The van der Waals surface area contributed by atoms with Gasteiger partial charge in [0.05, 0.1) is 6.54 Å². The summed E-state index contributed by atoms with van der Waals surface area (Å²) in [6, 6.07) is 14.8. The zero-order valence-electron chi connectivity index (χ0n) is 15.2. The van der Waals surface area contributed by atoms with Crippen molar-refractivity contribution in [3.63, 3.8) is 0 Å². The maximum atomic E-state index is 12.4. The van der Waals surface area contributed by atoms with Crippen LogP contribution in [-0.4, -0.2) is 30.5 Å². The molecule has 1 aromatic heterocycles. The van der Waals surface area contributed by atoms with Gasteiger partial charge in [0.15, 0.2) is 0 Å². The van der Waals surface area contributed by atoms with Crippen molar-refractivity contribution in [1.82, 2.24) is 10.3 Å². The molecule has 0 radical (unpaired) electrons. The number of anilines is 1. The van der Waals surface area contributed by atoms with Gasteiger partial charge in [-0.25, -0.2) is 0 Å². The number of nitrogens with zero attached hydrogens (tertiary/aromatic N) is 1. The normalized spacial score (nSPS) is 13.7. The quantitative estimate of drug-likeness (QED) is 0.741. The Bertz CT molecular complexity index is 928. The van der Waals surface area contributed by atoms with E-state index in [1.807, 2.05) is 18.3 Å². The van der Waals surface area contributed by atoms with Crippen molar-refractivity contribution in [1.29, 1.82) is 0 Å². The SMILES string of the molecule is Cc1ccc2c(c1)CCCN2CC(=O)NCCc1c[nH]c2ccccc12. The third kappa shape index (κ3) is 3.45. The second kappa shape index (κ2) is 7.24. The largest absolute Gasteiger partial charge is 0.362 e. The van der Waals surface area contributed by atoms with E-state index in [4.69, 9.17) is 0 Å². The van der Waals surface area contributed by atoms with E-state index in [0.717, 1.165) is 31.3 Å². The molecule has 0 saturated heterocycles. The molecule has 1 amide bonds. The molecule has 0 unspecified atom stereocenters. The molecule has 26 heavy (non-hydrogen) atoms. The van der Waals surface area contributed by atoms with Gasteiger partial charge in [-0.2, -0.15) is 0 Å². The van der Waals surface area contributed by atoms with Gasteiger partial charge in [0.1, 0.15) is 0 Å². The zero-order chi connectivity index (χ0) is 17.9. The van der Waals surface area contributed by atoms with Crippen molar-refractivity contribution in [3.05, 3.63) is 65.4 Å². The summed E-state index contributed by atoms with van der Waals surface area (Å²) in [7, 11) is 0. The van der Waals surface area contributed by atoms with Crippen molar-refractivity contribution in [3.8, 4) is 0 Å². The zero-order valence-corrected chi connectivity index (χ0v) is 15.2. The number of carbonyl (C=O) groups is 1. The molecule has 2 N–H and O–H groups in total. The number of hydrogen-bond acceptors (Lipinski definition) is 2. The van der Waals surface area contributed by atoms with Crippen LogP contribution in [0.2, 0.25) is 0 Å². The van der Waals surface area contributed by atoms with Gasteiger partial charge in [0, 0.05) is 35.9 Å². The standard InChI is InChI=1S/C22H25N3O/c1-16-8-9-21-17(13-16)5-4-12-25(21)15-22(26)23-11-10-18-14-24-20-7-3-2-6-19(18)20/h2-3,6-9,13-14,24H,4-5,10-12,15H2,1H3,(H,23,26). The average Bonchev–Trinajstić information content (AvgIpc) is 3.05. The number of carbonyl (C=O) groups excluding carboxylic acids is 1. The van der Waals surface area contributed by atoms with Gasteiger partial charge in [0.25, 0.3) is 0 Å². The number of benzene rings is 2. The second-order valence-corrected chi connectivity index (χ2v) is 7.12. The number of aryl methyl sites for hydroxylation is 2. The highest BCUT2D eigenvalue weighted by Gasteiger charge is 2.19. The first-order valence-corrected chi connectivity index (χ1v) is 9.37. The van der Waals surface area contributed by atoms with Gasteiger partial charge in [-0.15, -0.1) is 0 Å². The van der Waals surface area contributed by atoms with Crippen molar-refractivity contribution in [2.45, 2.75) is 26.2 Å². The summed E-state index contributed by atoms with van der Waals surface area (Å²) in [5.41, 5.74) is 6.26. The molecule has 1 aliphatic heterocycles. The minimum absolute atomic E-state index is 0.0956. The minimum Gasteiger partial charge on any atom is -0.362 e. The van der Waals surface area contributed by atoms with Crippen LogP contribution in [0.25, 0.3) is 10.9 Å². The first kappa shape index (κ1) is 16.7. The van der Waals surface area contributed by atoms with Crippen LogP contribution in [0, 0.1) is 6.92 Å². The molecule has 0 saturated carbocycles. The number of para-hydroxylation sites is 1. The van der Waals surface area contributed by atoms with Crippen LogP contribution in [-0.2, 0) is 17.6 Å². The fraction of sp³-hybridized carbons (Fsp3) is 0.318. The number of rotatable bonds is 5. The monoisotopic (exact) mass is 347 g/mol. The Morgan fingerprint density at radius 1 is 1.23 bits per heavy atom. The van der Waals surface area contributed by atoms with Crippen LogP contribution in [0.15, 0.2) is 48.7 Å². The molecule has 2 aromatic carbocycles. The third-order valence-electron chi connectivity index (χ3n) is 5.18. The van der Waals surface area contributed by atoms with E-state index in [9.17, 15) is 4.79 Å². The van der Waals surface area contributed by atoms with Crippen molar-refractivity contribution >= 4 is 22.5 Å². The number of aromatic amines is 1. The number of hydrogen-bond donors (Lipinski definition) is 2. The highest BCUT2D eigenvalue weighted by atomic mass is 16.2. The Kier molecular flexibility index (Phi) is 4.65. The summed E-state index contributed by atoms with van der Waals surface area (Å²) < 4.78 is 0. The number of amides is 1. The molecular formula is C22H25N3O. The molecule has 4 rings (SSSR count). The summed E-state index contributed by atoms with van der Waals surface area (Å²) in [5.74, 6) is 0.0956. The van der Waals surface area contributed by atoms with E-state index in [-0.39, 0.29) is 5.91 Å². The van der Waals surface area contributed by atoms with Crippen LogP contribution in [0.3, 0.4) is 0 Å². The number of aromatic nitrogens is 1. The first-order valence-electron chi connectivity index (χ1n) is 9.37. The Labute approximate surface area is 154 Å². The average molecular weight is 347 g/mol. The predicted molar refractivity (Wildman–Crippen MR) is 107 cm³/mol. The molecule has 3 aromatic rings. The van der Waals surface area contributed by atoms with Gasteiger partial charge in [-0.1, -0.05) is 35.9 Å². The van der Waals surface area contributed by atoms with E-state index < -0.39 is 0 Å². The predicted octanol–water partition coefficient (Wildman–Crippen LogP) is 3.59. The summed E-state index contributed by atoms with van der Waals surface area (Å²) in [6.45, 7) is 4.17. The molecule has 1 aliphatic rings. The summed E-state index contributed by atoms with van der Waals surface area (Å²) in [6.07, 6.45) is 5.10. The summed E-state index contributed by atoms with van der Waals surface area (Å²) in [4.78, 5) is 17.9. The molecule has 134 valence electrons. The van der Waals surface area contributed by atoms with Crippen LogP contribution >= 0.6 is 0 Å². The number of fused-ring (bicyclic) bond motifs is 2. The van der Waals surface area contributed by atoms with Crippen LogP contribution in [0.5, 0.6) is 0 Å². The van der Waals surface area contributed by atoms with Crippen LogP contribution < -0.4 is 10.2 Å². The fourth-order valence-corrected chi connectivity index (χ4v) is 3.87. The number of nitrogens with one attached hydrogen (secondary N) is 2. The Morgan fingerprint density at radius 2 is 2.12 bits per heavy atom. The summed E-state index contributed by atoms with van der Waals surface area (Å²) in [5, 5.41) is 4.32.